The van der Waals surface area contributed by atoms with Gasteiger partial charge in [0.05, 0.1) is 6.04 Å². The van der Waals surface area contributed by atoms with E-state index in [1.807, 2.05) is 11.0 Å². The van der Waals surface area contributed by atoms with Crippen molar-refractivity contribution in [2.75, 3.05) is 6.54 Å². The fraction of sp³-hybridized carbons (Fsp3) is 0.462. The summed E-state index contributed by atoms with van der Waals surface area (Å²) < 4.78 is 0. The molecule has 3 nitrogen and oxygen atoms in total. The molecular weight excluding hydrogens is 200 g/mol. The third kappa shape index (κ3) is 2.25. The van der Waals surface area contributed by atoms with Crippen LogP contribution in [0.5, 0.6) is 0 Å². The molecule has 1 amide bonds. The van der Waals surface area contributed by atoms with E-state index in [-0.39, 0.29) is 5.91 Å². The first-order valence-electron chi connectivity index (χ1n) is 5.79. The monoisotopic (exact) mass is 218 g/mol. The molecule has 1 aliphatic rings. The quantitative estimate of drug-likeness (QED) is 0.772. The molecule has 3 heteroatoms. The second-order valence-corrected chi connectivity index (χ2v) is 4.42. The predicted molar refractivity (Wildman–Crippen MR) is 63.8 cm³/mol. The van der Waals surface area contributed by atoms with E-state index < -0.39 is 6.04 Å². The number of aryl methyl sites for hydroxylation is 1. The van der Waals surface area contributed by atoms with Gasteiger partial charge in [-0.2, -0.15) is 0 Å². The second kappa shape index (κ2) is 4.66. The van der Waals surface area contributed by atoms with Gasteiger partial charge in [-0.3, -0.25) is 4.79 Å². The molecule has 86 valence electrons. The van der Waals surface area contributed by atoms with Gasteiger partial charge >= 0.3 is 0 Å². The smallest absolute Gasteiger partial charge is 0.239 e. The fourth-order valence-electron chi connectivity index (χ4n) is 2.18. The number of amides is 1. The normalized spacial score (nSPS) is 17.5. The van der Waals surface area contributed by atoms with E-state index in [9.17, 15) is 4.79 Å². The average molecular weight is 218 g/mol. The van der Waals surface area contributed by atoms with Gasteiger partial charge < -0.3 is 10.6 Å². The maximum Gasteiger partial charge on any atom is 0.239 e. The highest BCUT2D eigenvalue weighted by molar-refractivity contribution is 5.81. The Labute approximate surface area is 96.2 Å². The van der Waals surface area contributed by atoms with E-state index in [0.717, 1.165) is 19.4 Å². The summed E-state index contributed by atoms with van der Waals surface area (Å²) in [5.41, 5.74) is 8.27. The number of nitrogens with two attached hydrogens (primary N) is 1. The topological polar surface area (TPSA) is 46.3 Å². The lowest BCUT2D eigenvalue weighted by Crippen LogP contribution is -2.41. The summed E-state index contributed by atoms with van der Waals surface area (Å²) in [5, 5.41) is 0. The summed E-state index contributed by atoms with van der Waals surface area (Å²) in [6, 6.07) is 7.93. The van der Waals surface area contributed by atoms with Crippen LogP contribution in [0.25, 0.3) is 0 Å². The Morgan fingerprint density at radius 1 is 1.38 bits per heavy atom. The third-order valence-electron chi connectivity index (χ3n) is 3.05. The minimum absolute atomic E-state index is 0.0525. The molecule has 2 rings (SSSR count). The van der Waals surface area contributed by atoms with Crippen molar-refractivity contribution in [3.8, 4) is 0 Å². The number of rotatable bonds is 1. The lowest BCUT2D eigenvalue weighted by molar-refractivity contribution is -0.132. The van der Waals surface area contributed by atoms with E-state index in [1.54, 1.807) is 6.92 Å². The van der Waals surface area contributed by atoms with Crippen LogP contribution in [-0.4, -0.2) is 23.4 Å². The van der Waals surface area contributed by atoms with Gasteiger partial charge in [0.2, 0.25) is 5.91 Å². The maximum atomic E-state index is 11.9. The van der Waals surface area contributed by atoms with Gasteiger partial charge in [0.1, 0.15) is 0 Å². The summed E-state index contributed by atoms with van der Waals surface area (Å²) in [5.74, 6) is 0.0525. The molecule has 16 heavy (non-hydrogen) atoms. The molecule has 1 aromatic carbocycles. The molecule has 1 atom stereocenters. The van der Waals surface area contributed by atoms with Crippen LogP contribution in [0, 0.1) is 0 Å². The van der Waals surface area contributed by atoms with E-state index in [1.165, 1.54) is 11.1 Å². The zero-order chi connectivity index (χ0) is 11.5. The zero-order valence-corrected chi connectivity index (χ0v) is 9.65. The molecule has 0 aliphatic carbocycles. The minimum atomic E-state index is -0.398. The maximum absolute atomic E-state index is 11.9. The SMILES string of the molecule is C[C@@H](N)C(=O)N1CCCc2ccccc2C1. The molecule has 0 saturated carbocycles. The molecule has 0 saturated heterocycles. The summed E-state index contributed by atoms with van der Waals surface area (Å²) in [6.45, 7) is 3.27. The molecule has 2 N–H and O–H groups in total. The Hall–Kier alpha value is -1.35. The molecule has 1 heterocycles. The van der Waals surface area contributed by atoms with Crippen molar-refractivity contribution >= 4 is 5.91 Å². The summed E-state index contributed by atoms with van der Waals surface area (Å²) in [4.78, 5) is 13.7. The van der Waals surface area contributed by atoms with Crippen LogP contribution in [-0.2, 0) is 17.8 Å². The minimum Gasteiger partial charge on any atom is -0.337 e. The predicted octanol–water partition coefficient (Wildman–Crippen LogP) is 1.31. The zero-order valence-electron chi connectivity index (χ0n) is 9.65. The first-order chi connectivity index (χ1) is 7.68. The van der Waals surface area contributed by atoms with Crippen molar-refractivity contribution in [3.63, 3.8) is 0 Å². The van der Waals surface area contributed by atoms with Gasteiger partial charge in [0, 0.05) is 13.1 Å². The highest BCUT2D eigenvalue weighted by Gasteiger charge is 2.20. The number of carbonyl (C=O) groups excluding carboxylic acids is 1. The van der Waals surface area contributed by atoms with Crippen LogP contribution in [0.2, 0.25) is 0 Å². The number of hydrogen-bond acceptors (Lipinski definition) is 2. The van der Waals surface area contributed by atoms with E-state index in [2.05, 4.69) is 18.2 Å². The number of carbonyl (C=O) groups is 1. The van der Waals surface area contributed by atoms with Gasteiger partial charge in [0.15, 0.2) is 0 Å². The van der Waals surface area contributed by atoms with Crippen molar-refractivity contribution in [1.29, 1.82) is 0 Å². The Bertz CT molecular complexity index is 387. The van der Waals surface area contributed by atoms with Crippen molar-refractivity contribution in [2.45, 2.75) is 32.4 Å². The molecule has 1 aliphatic heterocycles. The molecular formula is C13H18N2O. The van der Waals surface area contributed by atoms with Crippen molar-refractivity contribution in [2.24, 2.45) is 5.73 Å². The number of nitrogens with zero attached hydrogens (tertiary/aromatic N) is 1. The third-order valence-corrected chi connectivity index (χ3v) is 3.05. The largest absolute Gasteiger partial charge is 0.337 e. The second-order valence-electron chi connectivity index (χ2n) is 4.42. The first kappa shape index (κ1) is 11.1. The van der Waals surface area contributed by atoms with Gasteiger partial charge in [-0.25, -0.2) is 0 Å². The Balaban J connectivity index is 2.20. The van der Waals surface area contributed by atoms with Crippen molar-refractivity contribution < 1.29 is 4.79 Å². The molecule has 0 radical (unpaired) electrons. The van der Waals surface area contributed by atoms with Gasteiger partial charge in [0.25, 0.3) is 0 Å². The van der Waals surface area contributed by atoms with Crippen LogP contribution in [0.3, 0.4) is 0 Å². The average Bonchev–Trinajstić information content (AvgIpc) is 2.49. The molecule has 0 unspecified atom stereocenters. The lowest BCUT2D eigenvalue weighted by atomic mass is 10.0. The molecule has 0 fully saturated rings. The highest BCUT2D eigenvalue weighted by atomic mass is 16.2. The number of benzene rings is 1. The van der Waals surface area contributed by atoms with Gasteiger partial charge in [-0.1, -0.05) is 24.3 Å². The van der Waals surface area contributed by atoms with Gasteiger partial charge in [-0.15, -0.1) is 0 Å². The van der Waals surface area contributed by atoms with E-state index in [0.29, 0.717) is 6.54 Å². The lowest BCUT2D eigenvalue weighted by Gasteiger charge is -2.22. The standard InChI is InChI=1S/C13H18N2O/c1-10(14)13(16)15-8-4-7-11-5-2-3-6-12(11)9-15/h2-3,5-6,10H,4,7-9,14H2,1H3/t10-/m1/s1. The number of fused-ring (bicyclic) bond motifs is 1. The molecule has 0 aromatic heterocycles. The fourth-order valence-corrected chi connectivity index (χ4v) is 2.18. The van der Waals surface area contributed by atoms with E-state index in [4.69, 9.17) is 5.73 Å². The molecule has 0 spiro atoms. The Kier molecular flexibility index (Phi) is 3.25. The summed E-state index contributed by atoms with van der Waals surface area (Å²) in [6.07, 6.45) is 2.08. The van der Waals surface area contributed by atoms with Crippen LogP contribution in [0.4, 0.5) is 0 Å². The van der Waals surface area contributed by atoms with Crippen LogP contribution in [0.15, 0.2) is 24.3 Å². The van der Waals surface area contributed by atoms with E-state index >= 15 is 0 Å². The Morgan fingerprint density at radius 3 is 2.75 bits per heavy atom. The van der Waals surface area contributed by atoms with Crippen LogP contribution >= 0.6 is 0 Å². The van der Waals surface area contributed by atoms with Crippen molar-refractivity contribution in [1.82, 2.24) is 4.90 Å². The summed E-state index contributed by atoms with van der Waals surface area (Å²) in [7, 11) is 0. The summed E-state index contributed by atoms with van der Waals surface area (Å²) >= 11 is 0. The highest BCUT2D eigenvalue weighted by Crippen LogP contribution is 2.18. The molecule has 1 aromatic rings. The molecule has 0 bridgehead atoms. The van der Waals surface area contributed by atoms with Crippen LogP contribution < -0.4 is 5.73 Å². The van der Waals surface area contributed by atoms with Crippen molar-refractivity contribution in [3.05, 3.63) is 35.4 Å². The van der Waals surface area contributed by atoms with Gasteiger partial charge in [-0.05, 0) is 30.9 Å². The Morgan fingerprint density at radius 2 is 2.06 bits per heavy atom. The number of hydrogen-bond donors (Lipinski definition) is 1. The first-order valence-corrected chi connectivity index (χ1v) is 5.79. The van der Waals surface area contributed by atoms with Crippen LogP contribution in [0.1, 0.15) is 24.5 Å².